The van der Waals surface area contributed by atoms with Gasteiger partial charge in [0.25, 0.3) is 0 Å². The van der Waals surface area contributed by atoms with Crippen LogP contribution in [0.4, 0.5) is 0 Å². The van der Waals surface area contributed by atoms with Gasteiger partial charge in [-0.05, 0) is 42.9 Å². The molecule has 0 heterocycles. The Balaban J connectivity index is 2.03. The first-order chi connectivity index (χ1) is 12.1. The van der Waals surface area contributed by atoms with Crippen molar-refractivity contribution in [3.63, 3.8) is 0 Å². The zero-order valence-electron chi connectivity index (χ0n) is 16.4. The fourth-order valence-corrected chi connectivity index (χ4v) is 2.68. The highest BCUT2D eigenvalue weighted by atomic mass is 16.6. The van der Waals surface area contributed by atoms with Crippen molar-refractivity contribution in [2.75, 3.05) is 19.8 Å². The Bertz CT molecular complexity index is 451. The van der Waals surface area contributed by atoms with Gasteiger partial charge in [0.1, 0.15) is 6.61 Å². The third kappa shape index (κ3) is 11.0. The second-order valence-corrected chi connectivity index (χ2v) is 7.15. The first kappa shape index (κ1) is 21.7. The predicted molar refractivity (Wildman–Crippen MR) is 104 cm³/mol. The number of aryl methyl sites for hydroxylation is 1. The van der Waals surface area contributed by atoms with Crippen LogP contribution >= 0.6 is 0 Å². The molecule has 0 N–H and O–H groups in total. The van der Waals surface area contributed by atoms with Gasteiger partial charge < -0.3 is 9.47 Å². The Morgan fingerprint density at radius 3 is 2.32 bits per heavy atom. The van der Waals surface area contributed by atoms with Crippen molar-refractivity contribution < 1.29 is 14.3 Å². The molecule has 0 fully saturated rings. The van der Waals surface area contributed by atoms with E-state index in [0.717, 1.165) is 25.4 Å². The molecule has 0 saturated heterocycles. The van der Waals surface area contributed by atoms with Crippen molar-refractivity contribution in [2.45, 2.75) is 72.1 Å². The number of unbranched alkanes of at least 4 members (excludes halogenated alkanes) is 4. The summed E-state index contributed by atoms with van der Waals surface area (Å²) in [7, 11) is 0. The fourth-order valence-electron chi connectivity index (χ4n) is 2.68. The minimum absolute atomic E-state index is 0.265. The minimum atomic E-state index is -0.265. The standard InChI is InChI=1S/C22H36O3/c1-4-5-11-20-12-14-21(15-13-20)22(23)25-18-17-24-16-9-7-6-8-10-19(2)3/h12-15,19H,4-11,16-18H2,1-3H3. The number of carbonyl (C=O) groups excluding carboxylic acids is 1. The highest BCUT2D eigenvalue weighted by Crippen LogP contribution is 2.10. The molecular weight excluding hydrogens is 312 g/mol. The summed E-state index contributed by atoms with van der Waals surface area (Å²) < 4.78 is 10.8. The first-order valence-electron chi connectivity index (χ1n) is 9.97. The molecule has 0 aliphatic rings. The summed E-state index contributed by atoms with van der Waals surface area (Å²) in [6.45, 7) is 8.28. The highest BCUT2D eigenvalue weighted by Gasteiger charge is 2.06. The third-order valence-corrected chi connectivity index (χ3v) is 4.29. The minimum Gasteiger partial charge on any atom is -0.460 e. The maximum Gasteiger partial charge on any atom is 0.338 e. The summed E-state index contributed by atoms with van der Waals surface area (Å²) in [6.07, 6.45) is 9.65. The van der Waals surface area contributed by atoms with Crippen LogP contribution in [0.25, 0.3) is 0 Å². The van der Waals surface area contributed by atoms with Crippen LogP contribution in [0.2, 0.25) is 0 Å². The van der Waals surface area contributed by atoms with Gasteiger partial charge in [-0.15, -0.1) is 0 Å². The van der Waals surface area contributed by atoms with Crippen LogP contribution in [0.3, 0.4) is 0 Å². The molecule has 0 aliphatic heterocycles. The van der Waals surface area contributed by atoms with Gasteiger partial charge in [-0.1, -0.05) is 65.0 Å². The van der Waals surface area contributed by atoms with Gasteiger partial charge in [0.15, 0.2) is 0 Å². The predicted octanol–water partition coefficient (Wildman–Crippen LogP) is 5.81. The molecule has 0 saturated carbocycles. The van der Waals surface area contributed by atoms with Crippen molar-refractivity contribution in [2.24, 2.45) is 5.92 Å². The van der Waals surface area contributed by atoms with Crippen molar-refractivity contribution in [1.29, 1.82) is 0 Å². The Labute approximate surface area is 154 Å². The number of hydrogen-bond acceptors (Lipinski definition) is 3. The molecule has 0 spiro atoms. The highest BCUT2D eigenvalue weighted by molar-refractivity contribution is 5.89. The van der Waals surface area contributed by atoms with Crippen molar-refractivity contribution >= 4 is 5.97 Å². The molecule has 3 nitrogen and oxygen atoms in total. The molecular formula is C22H36O3. The lowest BCUT2D eigenvalue weighted by Crippen LogP contribution is -2.11. The van der Waals surface area contributed by atoms with Gasteiger partial charge >= 0.3 is 5.97 Å². The molecule has 1 aromatic carbocycles. The summed E-state index contributed by atoms with van der Waals surface area (Å²) >= 11 is 0. The van der Waals surface area contributed by atoms with Gasteiger partial charge in [0.05, 0.1) is 12.2 Å². The molecule has 0 bridgehead atoms. The largest absolute Gasteiger partial charge is 0.460 e. The lowest BCUT2D eigenvalue weighted by molar-refractivity contribution is 0.0312. The Kier molecular flexibility index (Phi) is 12.0. The van der Waals surface area contributed by atoms with E-state index in [2.05, 4.69) is 20.8 Å². The van der Waals surface area contributed by atoms with Crippen LogP contribution < -0.4 is 0 Å². The molecule has 0 unspecified atom stereocenters. The van der Waals surface area contributed by atoms with E-state index in [-0.39, 0.29) is 5.97 Å². The molecule has 25 heavy (non-hydrogen) atoms. The molecule has 3 heteroatoms. The zero-order chi connectivity index (χ0) is 18.3. The number of rotatable bonds is 14. The van der Waals surface area contributed by atoms with Crippen molar-refractivity contribution in [3.05, 3.63) is 35.4 Å². The lowest BCUT2D eigenvalue weighted by atomic mass is 10.0. The number of ether oxygens (including phenoxy) is 2. The molecule has 0 amide bonds. The van der Waals surface area contributed by atoms with E-state index in [1.807, 2.05) is 24.3 Å². The van der Waals surface area contributed by atoms with Gasteiger partial charge in [-0.25, -0.2) is 4.79 Å². The van der Waals surface area contributed by atoms with Crippen LogP contribution in [0.1, 0.15) is 81.6 Å². The smallest absolute Gasteiger partial charge is 0.338 e. The number of benzene rings is 1. The van der Waals surface area contributed by atoms with Gasteiger partial charge in [-0.3, -0.25) is 0 Å². The van der Waals surface area contributed by atoms with Gasteiger partial charge in [0.2, 0.25) is 0 Å². The van der Waals surface area contributed by atoms with E-state index >= 15 is 0 Å². The van der Waals surface area contributed by atoms with Gasteiger partial charge in [-0.2, -0.15) is 0 Å². The number of carbonyl (C=O) groups is 1. The van der Waals surface area contributed by atoms with Gasteiger partial charge in [0, 0.05) is 6.61 Å². The second-order valence-electron chi connectivity index (χ2n) is 7.15. The summed E-state index contributed by atoms with van der Waals surface area (Å²) in [5, 5.41) is 0. The Hall–Kier alpha value is -1.35. The van der Waals surface area contributed by atoms with Crippen LogP contribution in [0, 0.1) is 5.92 Å². The van der Waals surface area contributed by atoms with Crippen molar-refractivity contribution in [1.82, 2.24) is 0 Å². The topological polar surface area (TPSA) is 35.5 Å². The first-order valence-corrected chi connectivity index (χ1v) is 9.97. The quantitative estimate of drug-likeness (QED) is 0.314. The monoisotopic (exact) mass is 348 g/mol. The summed E-state index contributed by atoms with van der Waals surface area (Å²) in [5.74, 6) is 0.540. The van der Waals surface area contributed by atoms with E-state index in [0.29, 0.717) is 18.8 Å². The van der Waals surface area contributed by atoms with Crippen LogP contribution in [0.5, 0.6) is 0 Å². The molecule has 142 valence electrons. The van der Waals surface area contributed by atoms with E-state index < -0.39 is 0 Å². The normalized spacial score (nSPS) is 11.0. The lowest BCUT2D eigenvalue weighted by Gasteiger charge is -2.07. The summed E-state index contributed by atoms with van der Waals surface area (Å²) in [5.41, 5.74) is 1.89. The fraction of sp³-hybridized carbons (Fsp3) is 0.682. The van der Waals surface area contributed by atoms with Crippen molar-refractivity contribution in [3.8, 4) is 0 Å². The molecule has 0 atom stereocenters. The molecule has 0 aliphatic carbocycles. The van der Waals surface area contributed by atoms with Crippen LogP contribution in [0.15, 0.2) is 24.3 Å². The van der Waals surface area contributed by atoms with Crippen LogP contribution in [-0.2, 0) is 15.9 Å². The Morgan fingerprint density at radius 1 is 0.920 bits per heavy atom. The van der Waals surface area contributed by atoms with E-state index in [1.165, 1.54) is 44.1 Å². The average molecular weight is 349 g/mol. The molecule has 0 radical (unpaired) electrons. The Morgan fingerprint density at radius 2 is 1.64 bits per heavy atom. The molecule has 1 rings (SSSR count). The maximum atomic E-state index is 12.0. The van der Waals surface area contributed by atoms with Crippen LogP contribution in [-0.4, -0.2) is 25.8 Å². The van der Waals surface area contributed by atoms with E-state index in [1.54, 1.807) is 0 Å². The second kappa shape index (κ2) is 13.9. The van der Waals surface area contributed by atoms with E-state index in [4.69, 9.17) is 9.47 Å². The summed E-state index contributed by atoms with van der Waals surface area (Å²) in [6, 6.07) is 7.74. The average Bonchev–Trinajstić information content (AvgIpc) is 2.61. The maximum absolute atomic E-state index is 12.0. The van der Waals surface area contributed by atoms with E-state index in [9.17, 15) is 4.79 Å². The molecule has 1 aromatic rings. The zero-order valence-corrected chi connectivity index (χ0v) is 16.4. The SMILES string of the molecule is CCCCc1ccc(C(=O)OCCOCCCCCCC(C)C)cc1. The molecule has 0 aromatic heterocycles. The number of esters is 1. The number of hydrogen-bond donors (Lipinski definition) is 0. The third-order valence-electron chi connectivity index (χ3n) is 4.29. The summed E-state index contributed by atoms with van der Waals surface area (Å²) in [4.78, 5) is 12.0.